The van der Waals surface area contributed by atoms with Crippen molar-refractivity contribution >= 4 is 23.8 Å². The van der Waals surface area contributed by atoms with E-state index in [9.17, 15) is 19.2 Å². The van der Waals surface area contributed by atoms with Crippen molar-refractivity contribution in [1.29, 1.82) is 0 Å². The van der Waals surface area contributed by atoms with Gasteiger partial charge in [0.25, 0.3) is 5.41 Å². The van der Waals surface area contributed by atoms with Crippen molar-refractivity contribution in [2.45, 2.75) is 34.1 Å². The topological polar surface area (TPSA) is 108 Å². The molecule has 0 bridgehead atoms. The molecule has 0 atom stereocenters. The fourth-order valence-corrected chi connectivity index (χ4v) is 1.73. The van der Waals surface area contributed by atoms with Gasteiger partial charge in [0.2, 0.25) is 5.91 Å². The Bertz CT molecular complexity index is 374. The second-order valence-corrected chi connectivity index (χ2v) is 4.20. The molecule has 8 nitrogen and oxygen atoms in total. The summed E-state index contributed by atoms with van der Waals surface area (Å²) in [5.74, 6) is -4.12. The molecule has 0 fully saturated rings. The van der Waals surface area contributed by atoms with E-state index in [1.165, 1.54) is 20.8 Å². The van der Waals surface area contributed by atoms with Crippen LogP contribution in [-0.2, 0) is 33.4 Å². The molecule has 0 aliphatic heterocycles. The molecule has 0 aliphatic carbocycles. The van der Waals surface area contributed by atoms with Crippen LogP contribution >= 0.6 is 0 Å². The van der Waals surface area contributed by atoms with Gasteiger partial charge >= 0.3 is 17.9 Å². The van der Waals surface area contributed by atoms with Crippen molar-refractivity contribution in [1.82, 2.24) is 5.32 Å². The zero-order chi connectivity index (χ0) is 17.2. The summed E-state index contributed by atoms with van der Waals surface area (Å²) in [6.45, 7) is 6.32. The molecule has 22 heavy (non-hydrogen) atoms. The standard InChI is InChI=1S/C14H23NO7/c1-5-15-10(16)9-14(11(17)20-6-2,12(18)21-7-3)13(19)22-8-4/h5-9H2,1-4H3,(H,15,16). The number of hydrogen-bond acceptors (Lipinski definition) is 7. The summed E-state index contributed by atoms with van der Waals surface area (Å²) in [6, 6.07) is 0. The number of ether oxygens (including phenoxy) is 3. The van der Waals surface area contributed by atoms with Gasteiger partial charge in [-0.05, 0) is 27.7 Å². The second kappa shape index (κ2) is 9.75. The SMILES string of the molecule is CCNC(=O)CC(C(=O)OCC)(C(=O)OCC)C(=O)OCC. The molecule has 0 aromatic carbocycles. The normalized spacial score (nSPS) is 10.5. The van der Waals surface area contributed by atoms with Crippen LogP contribution in [0.5, 0.6) is 0 Å². The monoisotopic (exact) mass is 317 g/mol. The molecule has 1 amide bonds. The first-order valence-electron chi connectivity index (χ1n) is 7.18. The molecule has 0 rings (SSSR count). The minimum absolute atomic E-state index is 0.0607. The Morgan fingerprint density at radius 3 is 1.41 bits per heavy atom. The van der Waals surface area contributed by atoms with Gasteiger partial charge in [0.05, 0.1) is 26.2 Å². The average Bonchev–Trinajstić information content (AvgIpc) is 2.45. The number of hydrogen-bond donors (Lipinski definition) is 1. The summed E-state index contributed by atoms with van der Waals surface area (Å²) >= 11 is 0. The second-order valence-electron chi connectivity index (χ2n) is 4.20. The van der Waals surface area contributed by atoms with E-state index >= 15 is 0 Å². The predicted octanol–water partition coefficient (Wildman–Crippen LogP) is 0.188. The fraction of sp³-hybridized carbons (Fsp3) is 0.714. The van der Waals surface area contributed by atoms with Gasteiger partial charge in [-0.15, -0.1) is 0 Å². The van der Waals surface area contributed by atoms with Crippen LogP contribution in [0.25, 0.3) is 0 Å². The van der Waals surface area contributed by atoms with Crippen molar-refractivity contribution in [3.05, 3.63) is 0 Å². The molecule has 0 aliphatic rings. The molecular formula is C14H23NO7. The number of carbonyl (C=O) groups is 4. The van der Waals surface area contributed by atoms with Gasteiger partial charge in [0, 0.05) is 6.54 Å². The highest BCUT2D eigenvalue weighted by Crippen LogP contribution is 2.29. The molecule has 0 heterocycles. The van der Waals surface area contributed by atoms with Crippen LogP contribution < -0.4 is 5.32 Å². The van der Waals surface area contributed by atoms with Gasteiger partial charge in [-0.25, -0.2) is 0 Å². The third-order valence-corrected chi connectivity index (χ3v) is 2.67. The lowest BCUT2D eigenvalue weighted by Gasteiger charge is -2.26. The van der Waals surface area contributed by atoms with Crippen LogP contribution in [-0.4, -0.2) is 50.2 Å². The van der Waals surface area contributed by atoms with Gasteiger partial charge in [-0.1, -0.05) is 0 Å². The van der Waals surface area contributed by atoms with E-state index < -0.39 is 35.7 Å². The van der Waals surface area contributed by atoms with E-state index in [1.807, 2.05) is 0 Å². The maximum atomic E-state index is 12.2. The zero-order valence-corrected chi connectivity index (χ0v) is 13.4. The van der Waals surface area contributed by atoms with Crippen molar-refractivity contribution in [2.75, 3.05) is 26.4 Å². The molecular weight excluding hydrogens is 294 g/mol. The molecule has 0 saturated carbocycles. The predicted molar refractivity (Wildman–Crippen MR) is 75.6 cm³/mol. The van der Waals surface area contributed by atoms with Gasteiger partial charge < -0.3 is 19.5 Å². The van der Waals surface area contributed by atoms with Gasteiger partial charge in [0.15, 0.2) is 0 Å². The lowest BCUT2D eigenvalue weighted by molar-refractivity contribution is -0.185. The summed E-state index contributed by atoms with van der Waals surface area (Å²) in [4.78, 5) is 48.6. The summed E-state index contributed by atoms with van der Waals surface area (Å²) in [6.07, 6.45) is -0.725. The van der Waals surface area contributed by atoms with Crippen LogP contribution in [0.4, 0.5) is 0 Å². The first-order chi connectivity index (χ1) is 10.4. The molecule has 0 unspecified atom stereocenters. The van der Waals surface area contributed by atoms with E-state index in [0.29, 0.717) is 0 Å². The fourth-order valence-electron chi connectivity index (χ4n) is 1.73. The maximum Gasteiger partial charge on any atom is 0.335 e. The lowest BCUT2D eigenvalue weighted by Crippen LogP contribution is -2.52. The van der Waals surface area contributed by atoms with Crippen LogP contribution in [0, 0.1) is 5.41 Å². The van der Waals surface area contributed by atoms with Crippen molar-refractivity contribution in [2.24, 2.45) is 5.41 Å². The van der Waals surface area contributed by atoms with E-state index in [1.54, 1.807) is 6.92 Å². The number of esters is 3. The first-order valence-corrected chi connectivity index (χ1v) is 7.18. The molecule has 8 heteroatoms. The highest BCUT2D eigenvalue weighted by Gasteiger charge is 2.58. The van der Waals surface area contributed by atoms with Crippen LogP contribution in [0.3, 0.4) is 0 Å². The Morgan fingerprint density at radius 1 is 0.773 bits per heavy atom. The molecule has 0 aromatic rings. The van der Waals surface area contributed by atoms with Crippen molar-refractivity contribution < 1.29 is 33.4 Å². The maximum absolute atomic E-state index is 12.2. The average molecular weight is 317 g/mol. The quantitative estimate of drug-likeness (QED) is 0.367. The molecule has 0 spiro atoms. The lowest BCUT2D eigenvalue weighted by atomic mass is 9.83. The molecule has 126 valence electrons. The van der Waals surface area contributed by atoms with E-state index in [2.05, 4.69) is 5.32 Å². The highest BCUT2D eigenvalue weighted by atomic mass is 16.6. The Hall–Kier alpha value is -2.12. The number of carbonyl (C=O) groups excluding carboxylic acids is 4. The number of amides is 1. The van der Waals surface area contributed by atoms with Gasteiger partial charge in [0.1, 0.15) is 0 Å². The Balaban J connectivity index is 5.78. The van der Waals surface area contributed by atoms with Crippen molar-refractivity contribution in [3.63, 3.8) is 0 Å². The van der Waals surface area contributed by atoms with Gasteiger partial charge in [-0.2, -0.15) is 0 Å². The zero-order valence-electron chi connectivity index (χ0n) is 13.4. The summed E-state index contributed by atoms with van der Waals surface area (Å²) < 4.78 is 14.4. The number of nitrogens with one attached hydrogen (secondary N) is 1. The summed E-state index contributed by atoms with van der Waals surface area (Å²) in [7, 11) is 0. The van der Waals surface area contributed by atoms with E-state index in [0.717, 1.165) is 0 Å². The third-order valence-electron chi connectivity index (χ3n) is 2.67. The minimum atomic E-state index is -2.44. The summed E-state index contributed by atoms with van der Waals surface area (Å²) in [5, 5.41) is 2.43. The van der Waals surface area contributed by atoms with Crippen LogP contribution in [0.1, 0.15) is 34.1 Å². The van der Waals surface area contributed by atoms with E-state index in [-0.39, 0.29) is 26.4 Å². The minimum Gasteiger partial charge on any atom is -0.465 e. The smallest absolute Gasteiger partial charge is 0.335 e. The van der Waals surface area contributed by atoms with Gasteiger partial charge in [-0.3, -0.25) is 19.2 Å². The van der Waals surface area contributed by atoms with Crippen LogP contribution in [0.2, 0.25) is 0 Å². The highest BCUT2D eigenvalue weighted by molar-refractivity contribution is 6.20. The Morgan fingerprint density at radius 2 is 1.14 bits per heavy atom. The third kappa shape index (κ3) is 4.71. The number of rotatable bonds is 9. The molecule has 0 saturated heterocycles. The molecule has 0 radical (unpaired) electrons. The van der Waals surface area contributed by atoms with E-state index in [4.69, 9.17) is 14.2 Å². The largest absolute Gasteiger partial charge is 0.465 e. The Kier molecular flexibility index (Phi) is 8.81. The van der Waals surface area contributed by atoms with Crippen LogP contribution in [0.15, 0.2) is 0 Å². The van der Waals surface area contributed by atoms with Crippen molar-refractivity contribution in [3.8, 4) is 0 Å². The Labute approximate surface area is 129 Å². The summed E-state index contributed by atoms with van der Waals surface area (Å²) in [5.41, 5.74) is -2.44. The molecule has 1 N–H and O–H groups in total. The first kappa shape index (κ1) is 19.9. The molecule has 0 aromatic heterocycles.